The maximum absolute atomic E-state index is 11.9. The Morgan fingerprint density at radius 2 is 2.10 bits per heavy atom. The second-order valence-corrected chi connectivity index (χ2v) is 4.37. The van der Waals surface area contributed by atoms with Gasteiger partial charge in [0.2, 0.25) is 5.91 Å². The predicted molar refractivity (Wildman–Crippen MR) is 71.6 cm³/mol. The number of carbonyl (C=O) groups is 2. The van der Waals surface area contributed by atoms with E-state index >= 15 is 0 Å². The number of carbonyl (C=O) groups excluding carboxylic acids is 1. The number of aryl methyl sites for hydroxylation is 2. The highest BCUT2D eigenvalue weighted by Crippen LogP contribution is 2.11. The van der Waals surface area contributed by atoms with Gasteiger partial charge in [-0.25, -0.2) is 9.78 Å². The van der Waals surface area contributed by atoms with Gasteiger partial charge in [0.05, 0.1) is 17.7 Å². The van der Waals surface area contributed by atoms with Crippen molar-refractivity contribution < 1.29 is 14.7 Å². The van der Waals surface area contributed by atoms with Gasteiger partial charge in [-0.05, 0) is 26.0 Å². The third-order valence-electron chi connectivity index (χ3n) is 2.90. The van der Waals surface area contributed by atoms with Crippen LogP contribution in [0.2, 0.25) is 0 Å². The predicted octanol–water partition coefficient (Wildman–Crippen LogP) is 1.30. The van der Waals surface area contributed by atoms with E-state index in [2.05, 4.69) is 20.5 Å². The number of anilines is 1. The minimum atomic E-state index is -1.06. The number of aromatic nitrogens is 3. The van der Waals surface area contributed by atoms with Gasteiger partial charge in [0.1, 0.15) is 5.82 Å². The maximum Gasteiger partial charge on any atom is 0.337 e. The minimum Gasteiger partial charge on any atom is -0.478 e. The Bertz CT molecular complexity index is 627. The molecule has 1 amide bonds. The van der Waals surface area contributed by atoms with Gasteiger partial charge in [-0.3, -0.25) is 9.89 Å². The second-order valence-electron chi connectivity index (χ2n) is 4.37. The topological polar surface area (TPSA) is 108 Å². The molecule has 7 nitrogen and oxygen atoms in total. The molecular formula is C13H14N4O3. The average Bonchev–Trinajstić information content (AvgIpc) is 2.71. The zero-order valence-corrected chi connectivity index (χ0v) is 11.1. The van der Waals surface area contributed by atoms with Crippen molar-refractivity contribution in [1.82, 2.24) is 15.2 Å². The van der Waals surface area contributed by atoms with E-state index in [0.717, 1.165) is 17.0 Å². The molecule has 0 radical (unpaired) electrons. The first-order valence-electron chi connectivity index (χ1n) is 5.97. The van der Waals surface area contributed by atoms with Crippen LogP contribution >= 0.6 is 0 Å². The minimum absolute atomic E-state index is 0.0736. The molecule has 0 unspecified atom stereocenters. The monoisotopic (exact) mass is 274 g/mol. The summed E-state index contributed by atoms with van der Waals surface area (Å²) in [7, 11) is 0. The Balaban J connectivity index is 2.03. The Kier molecular flexibility index (Phi) is 3.79. The van der Waals surface area contributed by atoms with Crippen LogP contribution in [-0.2, 0) is 11.2 Å². The molecule has 0 aromatic carbocycles. The van der Waals surface area contributed by atoms with E-state index in [1.54, 1.807) is 0 Å². The number of aromatic carboxylic acids is 1. The molecule has 0 atom stereocenters. The van der Waals surface area contributed by atoms with Crippen LogP contribution in [0.3, 0.4) is 0 Å². The number of aromatic amines is 1. The molecule has 0 aliphatic carbocycles. The van der Waals surface area contributed by atoms with Crippen LogP contribution in [0.25, 0.3) is 0 Å². The lowest BCUT2D eigenvalue weighted by Crippen LogP contribution is -2.16. The van der Waals surface area contributed by atoms with Gasteiger partial charge in [-0.15, -0.1) is 0 Å². The molecule has 0 spiro atoms. The van der Waals surface area contributed by atoms with Gasteiger partial charge in [0, 0.05) is 17.5 Å². The highest BCUT2D eigenvalue weighted by molar-refractivity contribution is 5.92. The molecule has 2 rings (SSSR count). The van der Waals surface area contributed by atoms with Crippen LogP contribution in [0.1, 0.15) is 27.3 Å². The van der Waals surface area contributed by atoms with E-state index in [4.69, 9.17) is 5.11 Å². The van der Waals surface area contributed by atoms with Gasteiger partial charge < -0.3 is 10.4 Å². The van der Waals surface area contributed by atoms with Crippen molar-refractivity contribution in [1.29, 1.82) is 0 Å². The van der Waals surface area contributed by atoms with Crippen LogP contribution in [-0.4, -0.2) is 32.2 Å². The van der Waals surface area contributed by atoms with Gasteiger partial charge in [0.25, 0.3) is 0 Å². The second kappa shape index (κ2) is 5.52. The van der Waals surface area contributed by atoms with Crippen LogP contribution in [0, 0.1) is 13.8 Å². The van der Waals surface area contributed by atoms with Crippen molar-refractivity contribution in [3.05, 3.63) is 40.8 Å². The lowest BCUT2D eigenvalue weighted by molar-refractivity contribution is -0.115. The first-order chi connectivity index (χ1) is 9.47. The van der Waals surface area contributed by atoms with Crippen LogP contribution in [0.5, 0.6) is 0 Å². The zero-order valence-electron chi connectivity index (χ0n) is 11.1. The summed E-state index contributed by atoms with van der Waals surface area (Å²) in [5.41, 5.74) is 2.56. The molecule has 0 saturated heterocycles. The molecule has 2 aromatic rings. The molecule has 20 heavy (non-hydrogen) atoms. The molecule has 0 saturated carbocycles. The first-order valence-corrected chi connectivity index (χ1v) is 5.97. The number of pyridine rings is 1. The number of carboxylic acid groups (broad SMARTS) is 1. The SMILES string of the molecule is Cc1n[nH]c(C)c1CC(=O)Nc1ccc(C(=O)O)cn1. The molecule has 3 N–H and O–H groups in total. The summed E-state index contributed by atoms with van der Waals surface area (Å²) in [6.45, 7) is 3.68. The standard InChI is InChI=1S/C13H14N4O3/c1-7-10(8(2)17-16-7)5-12(18)15-11-4-3-9(6-14-11)13(19)20/h3-4,6H,5H2,1-2H3,(H,16,17)(H,19,20)(H,14,15,18). The Morgan fingerprint density at radius 1 is 1.35 bits per heavy atom. The van der Waals surface area contributed by atoms with Gasteiger partial charge in [-0.1, -0.05) is 0 Å². The van der Waals surface area contributed by atoms with Crippen LogP contribution in [0.15, 0.2) is 18.3 Å². The van der Waals surface area contributed by atoms with Crippen molar-refractivity contribution in [2.45, 2.75) is 20.3 Å². The largest absolute Gasteiger partial charge is 0.478 e. The van der Waals surface area contributed by atoms with Crippen molar-refractivity contribution in [3.8, 4) is 0 Å². The van der Waals surface area contributed by atoms with Crippen LogP contribution < -0.4 is 5.32 Å². The van der Waals surface area contributed by atoms with Crippen molar-refractivity contribution in [2.75, 3.05) is 5.32 Å². The van der Waals surface area contributed by atoms with E-state index in [1.807, 2.05) is 13.8 Å². The number of hydrogen-bond donors (Lipinski definition) is 3. The normalized spacial score (nSPS) is 10.3. The average molecular weight is 274 g/mol. The van der Waals surface area contributed by atoms with Crippen molar-refractivity contribution in [3.63, 3.8) is 0 Å². The summed E-state index contributed by atoms with van der Waals surface area (Å²) >= 11 is 0. The molecule has 7 heteroatoms. The summed E-state index contributed by atoms with van der Waals surface area (Å²) in [4.78, 5) is 26.5. The summed E-state index contributed by atoms with van der Waals surface area (Å²) < 4.78 is 0. The number of amides is 1. The molecule has 104 valence electrons. The zero-order chi connectivity index (χ0) is 14.7. The summed E-state index contributed by atoms with van der Waals surface area (Å²) in [6, 6.07) is 2.84. The van der Waals surface area contributed by atoms with Crippen molar-refractivity contribution in [2.24, 2.45) is 0 Å². The molecule has 0 aliphatic rings. The van der Waals surface area contributed by atoms with Crippen LogP contribution in [0.4, 0.5) is 5.82 Å². The molecule has 2 heterocycles. The van der Waals surface area contributed by atoms with Crippen molar-refractivity contribution >= 4 is 17.7 Å². The van der Waals surface area contributed by atoms with E-state index in [0.29, 0.717) is 5.82 Å². The van der Waals surface area contributed by atoms with E-state index in [1.165, 1.54) is 18.3 Å². The third kappa shape index (κ3) is 3.00. The summed E-state index contributed by atoms with van der Waals surface area (Å²) in [5.74, 6) is -0.966. The molecule has 0 aliphatic heterocycles. The number of nitrogens with zero attached hydrogens (tertiary/aromatic N) is 2. The lowest BCUT2D eigenvalue weighted by Gasteiger charge is -2.05. The fraction of sp³-hybridized carbons (Fsp3) is 0.231. The molecular weight excluding hydrogens is 260 g/mol. The molecule has 2 aromatic heterocycles. The number of rotatable bonds is 4. The smallest absolute Gasteiger partial charge is 0.337 e. The fourth-order valence-electron chi connectivity index (χ4n) is 1.78. The van der Waals surface area contributed by atoms with Gasteiger partial charge >= 0.3 is 5.97 Å². The van der Waals surface area contributed by atoms with E-state index in [-0.39, 0.29) is 17.9 Å². The van der Waals surface area contributed by atoms with E-state index < -0.39 is 5.97 Å². The van der Waals surface area contributed by atoms with E-state index in [9.17, 15) is 9.59 Å². The molecule has 0 fully saturated rings. The number of hydrogen-bond acceptors (Lipinski definition) is 4. The lowest BCUT2D eigenvalue weighted by atomic mass is 10.1. The fourth-order valence-corrected chi connectivity index (χ4v) is 1.78. The third-order valence-corrected chi connectivity index (χ3v) is 2.90. The first kappa shape index (κ1) is 13.7. The van der Waals surface area contributed by atoms with Gasteiger partial charge in [0.15, 0.2) is 0 Å². The Morgan fingerprint density at radius 3 is 2.60 bits per heavy atom. The Hall–Kier alpha value is -2.70. The highest BCUT2D eigenvalue weighted by atomic mass is 16.4. The number of carboxylic acids is 1. The number of nitrogens with one attached hydrogen (secondary N) is 2. The Labute approximate surface area is 115 Å². The summed E-state index contributed by atoms with van der Waals surface area (Å²) in [6.07, 6.45) is 1.39. The van der Waals surface area contributed by atoms with Gasteiger partial charge in [-0.2, -0.15) is 5.10 Å². The maximum atomic E-state index is 11.9. The molecule has 0 bridgehead atoms. The highest BCUT2D eigenvalue weighted by Gasteiger charge is 2.12. The quantitative estimate of drug-likeness (QED) is 0.778. The summed E-state index contributed by atoms with van der Waals surface area (Å²) in [5, 5.41) is 18.2. The number of H-pyrrole nitrogens is 1.